The molecular formula is C35H38ClN3O4S. The fraction of sp³-hybridized carbons (Fsp3) is 0.257. The largest absolute Gasteiger partial charge is 0.352 e. The molecule has 1 N–H and O–H groups in total. The molecule has 4 aromatic carbocycles. The first-order valence-corrected chi connectivity index (χ1v) is 16.4. The molecule has 4 aromatic rings. The van der Waals surface area contributed by atoms with Crippen LogP contribution in [0.15, 0.2) is 114 Å². The molecule has 0 radical (unpaired) electrons. The first-order valence-electron chi connectivity index (χ1n) is 14.6. The Labute approximate surface area is 265 Å². The van der Waals surface area contributed by atoms with Gasteiger partial charge in [-0.05, 0) is 61.2 Å². The molecule has 0 aliphatic heterocycles. The highest BCUT2D eigenvalue weighted by Crippen LogP contribution is 2.29. The maximum Gasteiger partial charge on any atom is 0.264 e. The molecule has 2 amide bonds. The van der Waals surface area contributed by atoms with E-state index >= 15 is 0 Å². The Kier molecular flexibility index (Phi) is 11.2. The normalized spacial score (nSPS) is 12.6. The van der Waals surface area contributed by atoms with Gasteiger partial charge in [-0.2, -0.15) is 0 Å². The summed E-state index contributed by atoms with van der Waals surface area (Å²) in [6.45, 7) is 5.28. The molecule has 0 spiro atoms. The lowest BCUT2D eigenvalue weighted by atomic mass is 10.0. The van der Waals surface area contributed by atoms with Crippen molar-refractivity contribution in [2.45, 2.75) is 57.1 Å². The topological polar surface area (TPSA) is 86.8 Å². The van der Waals surface area contributed by atoms with Crippen LogP contribution in [0.4, 0.5) is 5.69 Å². The quantitative estimate of drug-likeness (QED) is 0.185. The van der Waals surface area contributed by atoms with Crippen molar-refractivity contribution in [2.24, 2.45) is 0 Å². The van der Waals surface area contributed by atoms with E-state index in [1.165, 1.54) is 17.0 Å². The summed E-state index contributed by atoms with van der Waals surface area (Å²) < 4.78 is 29.2. The molecule has 0 bridgehead atoms. The number of sulfonamides is 1. The molecule has 230 valence electrons. The summed E-state index contributed by atoms with van der Waals surface area (Å²) in [5.74, 6) is -0.825. The number of hydrogen-bond donors (Lipinski definition) is 1. The van der Waals surface area contributed by atoms with E-state index in [9.17, 15) is 18.0 Å². The number of anilines is 1. The molecule has 0 aliphatic rings. The number of amides is 2. The molecule has 2 atom stereocenters. The zero-order chi connectivity index (χ0) is 31.7. The van der Waals surface area contributed by atoms with Gasteiger partial charge in [0.2, 0.25) is 11.8 Å². The monoisotopic (exact) mass is 631 g/mol. The van der Waals surface area contributed by atoms with Crippen LogP contribution < -0.4 is 9.62 Å². The molecule has 4 rings (SSSR count). The van der Waals surface area contributed by atoms with Gasteiger partial charge < -0.3 is 10.2 Å². The summed E-state index contributed by atoms with van der Waals surface area (Å²) >= 11 is 6.44. The minimum atomic E-state index is -4.19. The molecule has 0 aliphatic carbocycles. The third-order valence-electron chi connectivity index (χ3n) is 7.52. The van der Waals surface area contributed by atoms with Crippen LogP contribution in [0.3, 0.4) is 0 Å². The molecule has 0 saturated heterocycles. The van der Waals surface area contributed by atoms with Gasteiger partial charge in [0.15, 0.2) is 0 Å². The average molecular weight is 632 g/mol. The van der Waals surface area contributed by atoms with E-state index in [1.807, 2.05) is 81.4 Å². The van der Waals surface area contributed by atoms with E-state index in [0.717, 1.165) is 21.0 Å². The van der Waals surface area contributed by atoms with Gasteiger partial charge in [0.05, 0.1) is 10.6 Å². The standard InChI is InChI=1S/C35H38ClN3O4S/c1-4-27(3)37-35(41)33(22-28-14-8-5-9-15-28)38(24-29-16-10-6-11-17-29)34(40)25-39(30-21-20-26(2)32(36)23-30)44(42,43)31-18-12-7-13-19-31/h5-21,23,27,33H,4,22,24-25H2,1-3H3,(H,37,41)/t27-,33-/m0/s1. The molecule has 9 heteroatoms. The fourth-order valence-corrected chi connectivity index (χ4v) is 6.36. The van der Waals surface area contributed by atoms with Crippen LogP contribution in [0.2, 0.25) is 5.02 Å². The zero-order valence-corrected chi connectivity index (χ0v) is 26.8. The van der Waals surface area contributed by atoms with Crippen molar-refractivity contribution in [3.05, 3.63) is 131 Å². The summed E-state index contributed by atoms with van der Waals surface area (Å²) in [6, 6.07) is 30.7. The van der Waals surface area contributed by atoms with Gasteiger partial charge in [-0.3, -0.25) is 13.9 Å². The Morgan fingerprint density at radius 2 is 1.41 bits per heavy atom. The van der Waals surface area contributed by atoms with Crippen molar-refractivity contribution >= 4 is 39.1 Å². The number of aryl methyl sites for hydroxylation is 1. The van der Waals surface area contributed by atoms with Gasteiger partial charge in [-0.1, -0.05) is 103 Å². The Morgan fingerprint density at radius 1 is 0.841 bits per heavy atom. The predicted octanol–water partition coefficient (Wildman–Crippen LogP) is 6.40. The first-order chi connectivity index (χ1) is 21.1. The lowest BCUT2D eigenvalue weighted by molar-refractivity contribution is -0.140. The SMILES string of the molecule is CC[C@H](C)NC(=O)[C@H](Cc1ccccc1)N(Cc1ccccc1)C(=O)CN(c1ccc(C)c(Cl)c1)S(=O)(=O)c1ccccc1. The van der Waals surface area contributed by atoms with Gasteiger partial charge in [-0.25, -0.2) is 8.42 Å². The highest BCUT2D eigenvalue weighted by Gasteiger charge is 2.35. The van der Waals surface area contributed by atoms with Gasteiger partial charge in [0.1, 0.15) is 12.6 Å². The van der Waals surface area contributed by atoms with Gasteiger partial charge in [-0.15, -0.1) is 0 Å². The smallest absolute Gasteiger partial charge is 0.264 e. The van der Waals surface area contributed by atoms with Crippen molar-refractivity contribution < 1.29 is 18.0 Å². The summed E-state index contributed by atoms with van der Waals surface area (Å²) in [5.41, 5.74) is 2.71. The third-order valence-corrected chi connectivity index (χ3v) is 9.72. The number of benzene rings is 4. The minimum Gasteiger partial charge on any atom is -0.352 e. The minimum absolute atomic E-state index is 0.0365. The van der Waals surface area contributed by atoms with E-state index in [0.29, 0.717) is 11.4 Å². The van der Waals surface area contributed by atoms with Crippen LogP contribution in [0.25, 0.3) is 0 Å². The molecule has 0 aromatic heterocycles. The highest BCUT2D eigenvalue weighted by molar-refractivity contribution is 7.92. The number of nitrogens with one attached hydrogen (secondary N) is 1. The second-order valence-electron chi connectivity index (χ2n) is 10.8. The fourth-order valence-electron chi connectivity index (χ4n) is 4.76. The molecule has 0 saturated carbocycles. The Bertz CT molecular complexity index is 1650. The number of carbonyl (C=O) groups excluding carboxylic acids is 2. The lowest BCUT2D eigenvalue weighted by Crippen LogP contribution is -2.54. The van der Waals surface area contributed by atoms with E-state index < -0.39 is 28.5 Å². The molecule has 0 unspecified atom stereocenters. The number of nitrogens with zero attached hydrogens (tertiary/aromatic N) is 2. The van der Waals surface area contributed by atoms with Gasteiger partial charge >= 0.3 is 0 Å². The van der Waals surface area contributed by atoms with Crippen molar-refractivity contribution in [2.75, 3.05) is 10.8 Å². The van der Waals surface area contributed by atoms with E-state index in [4.69, 9.17) is 11.6 Å². The van der Waals surface area contributed by atoms with Crippen LogP contribution in [-0.4, -0.2) is 43.8 Å². The Hall–Kier alpha value is -4.14. The predicted molar refractivity (Wildman–Crippen MR) is 176 cm³/mol. The first kappa shape index (κ1) is 32.8. The molecule has 0 fully saturated rings. The van der Waals surface area contributed by atoms with Crippen molar-refractivity contribution in [1.82, 2.24) is 10.2 Å². The van der Waals surface area contributed by atoms with Crippen molar-refractivity contribution in [1.29, 1.82) is 0 Å². The van der Waals surface area contributed by atoms with E-state index in [2.05, 4.69) is 5.32 Å². The Balaban J connectivity index is 1.80. The summed E-state index contributed by atoms with van der Waals surface area (Å²) in [6.07, 6.45) is 0.969. The summed E-state index contributed by atoms with van der Waals surface area (Å²) in [7, 11) is -4.19. The van der Waals surface area contributed by atoms with Gasteiger partial charge in [0, 0.05) is 24.0 Å². The van der Waals surface area contributed by atoms with Crippen LogP contribution in [0, 0.1) is 6.92 Å². The van der Waals surface area contributed by atoms with Crippen LogP contribution in [0.5, 0.6) is 0 Å². The number of rotatable bonds is 13. The van der Waals surface area contributed by atoms with E-state index in [-0.39, 0.29) is 35.5 Å². The zero-order valence-electron chi connectivity index (χ0n) is 25.2. The average Bonchev–Trinajstić information content (AvgIpc) is 3.04. The van der Waals surface area contributed by atoms with E-state index in [1.54, 1.807) is 36.4 Å². The van der Waals surface area contributed by atoms with Crippen LogP contribution in [-0.2, 0) is 32.6 Å². The maximum atomic E-state index is 14.5. The number of halogens is 1. The van der Waals surface area contributed by atoms with Crippen LogP contribution in [0.1, 0.15) is 37.0 Å². The molecule has 7 nitrogen and oxygen atoms in total. The Morgan fingerprint density at radius 3 is 1.98 bits per heavy atom. The number of hydrogen-bond acceptors (Lipinski definition) is 4. The second kappa shape index (κ2) is 15.0. The van der Waals surface area contributed by atoms with Gasteiger partial charge in [0.25, 0.3) is 10.0 Å². The van der Waals surface area contributed by atoms with Crippen LogP contribution >= 0.6 is 11.6 Å². The second-order valence-corrected chi connectivity index (χ2v) is 13.1. The molecule has 0 heterocycles. The number of carbonyl (C=O) groups is 2. The summed E-state index contributed by atoms with van der Waals surface area (Å²) in [5, 5.41) is 3.42. The summed E-state index contributed by atoms with van der Waals surface area (Å²) in [4.78, 5) is 29.8. The van der Waals surface area contributed by atoms with Crippen molar-refractivity contribution in [3.8, 4) is 0 Å². The van der Waals surface area contributed by atoms with Crippen molar-refractivity contribution in [3.63, 3.8) is 0 Å². The molecular weight excluding hydrogens is 594 g/mol. The maximum absolute atomic E-state index is 14.5. The lowest BCUT2D eigenvalue weighted by Gasteiger charge is -2.34. The third kappa shape index (κ3) is 8.27. The highest BCUT2D eigenvalue weighted by atomic mass is 35.5. The molecule has 44 heavy (non-hydrogen) atoms.